The van der Waals surface area contributed by atoms with Gasteiger partial charge in [-0.2, -0.15) is 5.10 Å². The van der Waals surface area contributed by atoms with Gasteiger partial charge < -0.3 is 5.11 Å². The van der Waals surface area contributed by atoms with Crippen LogP contribution in [0.1, 0.15) is 24.2 Å². The average Bonchev–Trinajstić information content (AvgIpc) is 2.55. The van der Waals surface area contributed by atoms with E-state index in [9.17, 15) is 9.90 Å². The summed E-state index contributed by atoms with van der Waals surface area (Å²) in [6.07, 6.45) is 2.27. The summed E-state index contributed by atoms with van der Waals surface area (Å²) in [5, 5.41) is 13.8. The van der Waals surface area contributed by atoms with Crippen molar-refractivity contribution in [1.29, 1.82) is 0 Å². The second-order valence-corrected chi connectivity index (χ2v) is 4.85. The summed E-state index contributed by atoms with van der Waals surface area (Å²) in [7, 11) is 0. The van der Waals surface area contributed by atoms with Crippen LogP contribution < -0.4 is 5.43 Å². The van der Waals surface area contributed by atoms with Gasteiger partial charge in [0.2, 0.25) is 0 Å². The van der Waals surface area contributed by atoms with E-state index in [0.29, 0.717) is 5.56 Å². The molecule has 0 radical (unpaired) electrons. The first kappa shape index (κ1) is 15.7. The van der Waals surface area contributed by atoms with Crippen LogP contribution in [0.25, 0.3) is 6.08 Å². The zero-order valence-electron chi connectivity index (χ0n) is 12.3. The molecule has 0 bridgehead atoms. The first-order valence-corrected chi connectivity index (χ1v) is 6.96. The van der Waals surface area contributed by atoms with E-state index in [4.69, 9.17) is 0 Å². The largest absolute Gasteiger partial charge is 0.378 e. The van der Waals surface area contributed by atoms with Gasteiger partial charge in [-0.3, -0.25) is 4.79 Å². The zero-order chi connectivity index (χ0) is 15.8. The summed E-state index contributed by atoms with van der Waals surface area (Å²) < 4.78 is 0. The van der Waals surface area contributed by atoms with Crippen LogP contribution >= 0.6 is 0 Å². The smallest absolute Gasteiger partial charge is 0.273 e. The topological polar surface area (TPSA) is 61.7 Å². The van der Waals surface area contributed by atoms with Gasteiger partial charge >= 0.3 is 0 Å². The summed E-state index contributed by atoms with van der Waals surface area (Å²) >= 11 is 0. The molecule has 4 nitrogen and oxygen atoms in total. The van der Waals surface area contributed by atoms with Crippen LogP contribution in [0.2, 0.25) is 0 Å². The Labute approximate surface area is 129 Å². The predicted octanol–water partition coefficient (Wildman–Crippen LogP) is 2.93. The summed E-state index contributed by atoms with van der Waals surface area (Å²) in [6.45, 7) is 1.89. The highest BCUT2D eigenvalue weighted by Crippen LogP contribution is 2.11. The van der Waals surface area contributed by atoms with E-state index in [1.807, 2.05) is 49.4 Å². The number of carbonyl (C=O) groups is 1. The lowest BCUT2D eigenvalue weighted by Crippen LogP contribution is -2.25. The minimum Gasteiger partial charge on any atom is -0.378 e. The molecule has 2 rings (SSSR count). The predicted molar refractivity (Wildman–Crippen MR) is 88.1 cm³/mol. The number of amides is 1. The number of hydrazone groups is 1. The van der Waals surface area contributed by atoms with Crippen molar-refractivity contribution >= 4 is 18.2 Å². The van der Waals surface area contributed by atoms with Crippen LogP contribution in [-0.4, -0.2) is 17.2 Å². The van der Waals surface area contributed by atoms with Crippen molar-refractivity contribution in [3.05, 3.63) is 77.4 Å². The van der Waals surface area contributed by atoms with Crippen molar-refractivity contribution in [3.63, 3.8) is 0 Å². The van der Waals surface area contributed by atoms with E-state index in [-0.39, 0.29) is 0 Å². The van der Waals surface area contributed by atoms with Crippen LogP contribution in [0.15, 0.2) is 71.3 Å². The molecule has 1 amide bonds. The van der Waals surface area contributed by atoms with Gasteiger partial charge in [0.25, 0.3) is 5.91 Å². The van der Waals surface area contributed by atoms with Gasteiger partial charge in [-0.1, -0.05) is 66.7 Å². The summed E-state index contributed by atoms with van der Waals surface area (Å²) in [4.78, 5) is 11.8. The fraction of sp³-hybridized carbons (Fsp3) is 0.111. The van der Waals surface area contributed by atoms with E-state index in [2.05, 4.69) is 10.5 Å². The Morgan fingerprint density at radius 2 is 1.68 bits per heavy atom. The van der Waals surface area contributed by atoms with Gasteiger partial charge in [0, 0.05) is 0 Å². The van der Waals surface area contributed by atoms with Crippen molar-refractivity contribution < 1.29 is 9.90 Å². The monoisotopic (exact) mass is 294 g/mol. The quantitative estimate of drug-likeness (QED) is 0.658. The second-order valence-electron chi connectivity index (χ2n) is 4.85. The highest BCUT2D eigenvalue weighted by molar-refractivity contribution is 5.87. The van der Waals surface area contributed by atoms with Crippen LogP contribution in [-0.2, 0) is 4.79 Å². The fourth-order valence-electron chi connectivity index (χ4n) is 1.89. The number of hydrogen-bond donors (Lipinski definition) is 2. The number of nitrogens with one attached hydrogen (secondary N) is 1. The number of benzene rings is 2. The first-order chi connectivity index (χ1) is 10.7. The van der Waals surface area contributed by atoms with Crippen molar-refractivity contribution in [2.45, 2.75) is 13.0 Å². The summed E-state index contributed by atoms with van der Waals surface area (Å²) in [5.41, 5.74) is 4.82. The molecule has 0 fully saturated rings. The third-order valence-electron chi connectivity index (χ3n) is 3.00. The van der Waals surface area contributed by atoms with Crippen molar-refractivity contribution in [2.75, 3.05) is 0 Å². The molecule has 2 N–H and O–H groups in total. The SMILES string of the molecule is CC(/C=N\NC(=O)[C@@H](O)c1ccccc1)=C/c1ccccc1. The van der Waals surface area contributed by atoms with Crippen molar-refractivity contribution in [3.8, 4) is 0 Å². The molecule has 0 aliphatic carbocycles. The number of aliphatic hydroxyl groups is 1. The van der Waals surface area contributed by atoms with Crippen LogP contribution in [0.4, 0.5) is 0 Å². The van der Waals surface area contributed by atoms with Gasteiger partial charge in [0.15, 0.2) is 6.10 Å². The molecule has 0 aliphatic rings. The molecule has 2 aromatic rings. The molecule has 22 heavy (non-hydrogen) atoms. The van der Waals surface area contributed by atoms with Gasteiger partial charge in [0.05, 0.1) is 6.21 Å². The number of allylic oxidation sites excluding steroid dienone is 1. The highest BCUT2D eigenvalue weighted by atomic mass is 16.3. The van der Waals surface area contributed by atoms with Crippen LogP contribution in [0.5, 0.6) is 0 Å². The van der Waals surface area contributed by atoms with Gasteiger partial charge in [0.1, 0.15) is 0 Å². The number of nitrogens with zero attached hydrogens (tertiary/aromatic N) is 1. The van der Waals surface area contributed by atoms with E-state index < -0.39 is 12.0 Å². The molecule has 112 valence electrons. The Morgan fingerprint density at radius 1 is 1.09 bits per heavy atom. The standard InChI is InChI=1S/C18H18N2O2/c1-14(12-15-8-4-2-5-9-15)13-19-20-18(22)17(21)16-10-6-3-7-11-16/h2-13,17,21H,1H3,(H,20,22)/b14-12-,19-13-/t17-/m0/s1. The molecule has 0 saturated carbocycles. The van der Waals surface area contributed by atoms with Gasteiger partial charge in [-0.15, -0.1) is 0 Å². The molecule has 0 spiro atoms. The molecule has 0 aliphatic heterocycles. The molecule has 0 saturated heterocycles. The number of rotatable bonds is 5. The van der Waals surface area contributed by atoms with Gasteiger partial charge in [-0.05, 0) is 23.6 Å². The normalized spacial score (nSPS) is 13.1. The molecular formula is C18H18N2O2. The molecule has 2 aromatic carbocycles. The molecular weight excluding hydrogens is 276 g/mol. The summed E-state index contributed by atoms with van der Waals surface area (Å²) in [6, 6.07) is 18.6. The Kier molecular flexibility index (Phi) is 5.63. The molecule has 1 atom stereocenters. The zero-order valence-corrected chi connectivity index (χ0v) is 12.3. The van der Waals surface area contributed by atoms with E-state index in [0.717, 1.165) is 11.1 Å². The van der Waals surface area contributed by atoms with Crippen molar-refractivity contribution in [2.24, 2.45) is 5.10 Å². The maximum absolute atomic E-state index is 11.8. The molecule has 4 heteroatoms. The number of carbonyl (C=O) groups excluding carboxylic acids is 1. The third-order valence-corrected chi connectivity index (χ3v) is 3.00. The third kappa shape index (κ3) is 4.68. The van der Waals surface area contributed by atoms with Crippen molar-refractivity contribution in [1.82, 2.24) is 5.43 Å². The minimum atomic E-state index is -1.23. The Bertz CT molecular complexity index is 664. The maximum atomic E-state index is 11.8. The Balaban J connectivity index is 1.92. The first-order valence-electron chi connectivity index (χ1n) is 6.96. The number of aliphatic hydroxyl groups excluding tert-OH is 1. The van der Waals surface area contributed by atoms with E-state index >= 15 is 0 Å². The van der Waals surface area contributed by atoms with Crippen LogP contribution in [0.3, 0.4) is 0 Å². The highest BCUT2D eigenvalue weighted by Gasteiger charge is 2.15. The average molecular weight is 294 g/mol. The summed E-state index contributed by atoms with van der Waals surface area (Å²) in [5.74, 6) is -0.560. The van der Waals surface area contributed by atoms with E-state index in [1.165, 1.54) is 0 Å². The Hall–Kier alpha value is -2.72. The lowest BCUT2D eigenvalue weighted by Gasteiger charge is -2.08. The molecule has 0 unspecified atom stereocenters. The lowest BCUT2D eigenvalue weighted by atomic mass is 10.1. The fourth-order valence-corrected chi connectivity index (χ4v) is 1.89. The van der Waals surface area contributed by atoms with E-state index in [1.54, 1.807) is 30.5 Å². The second kappa shape index (κ2) is 7.90. The number of hydrogen-bond acceptors (Lipinski definition) is 3. The van der Waals surface area contributed by atoms with Crippen LogP contribution in [0, 0.1) is 0 Å². The minimum absolute atomic E-state index is 0.534. The molecule has 0 heterocycles. The Morgan fingerprint density at radius 3 is 2.32 bits per heavy atom. The molecule has 0 aromatic heterocycles. The lowest BCUT2D eigenvalue weighted by molar-refractivity contribution is -0.129. The van der Waals surface area contributed by atoms with Gasteiger partial charge in [-0.25, -0.2) is 5.43 Å². The maximum Gasteiger partial charge on any atom is 0.273 e.